The molecule has 1 aromatic rings. The third-order valence-electron chi connectivity index (χ3n) is 6.03. The van der Waals surface area contributed by atoms with Gasteiger partial charge >= 0.3 is 0 Å². The van der Waals surface area contributed by atoms with Crippen LogP contribution in [0.5, 0.6) is 0 Å². The van der Waals surface area contributed by atoms with Crippen molar-refractivity contribution >= 4 is 15.7 Å². The fourth-order valence-corrected chi connectivity index (χ4v) is 7.09. The highest BCUT2D eigenvalue weighted by Crippen LogP contribution is 2.36. The van der Waals surface area contributed by atoms with Crippen LogP contribution in [0.25, 0.3) is 0 Å². The SMILES string of the molecule is CN(C)[C@@H]1CS(=O)(=O)[C@H]2CN(C(=O)c3cnc4c(c3)CCCC4)C[C@@H]12. The Labute approximate surface area is 149 Å². The smallest absolute Gasteiger partial charge is 0.255 e. The first-order valence-corrected chi connectivity index (χ1v) is 10.7. The summed E-state index contributed by atoms with van der Waals surface area (Å²) in [5.74, 6) is 0.134. The topological polar surface area (TPSA) is 70.6 Å². The van der Waals surface area contributed by atoms with E-state index < -0.39 is 15.1 Å². The number of pyridine rings is 1. The summed E-state index contributed by atoms with van der Waals surface area (Å²) in [4.78, 5) is 21.1. The minimum Gasteiger partial charge on any atom is -0.337 e. The van der Waals surface area contributed by atoms with Crippen LogP contribution in [0.2, 0.25) is 0 Å². The van der Waals surface area contributed by atoms with Gasteiger partial charge in [0.05, 0.1) is 16.6 Å². The maximum atomic E-state index is 12.9. The second kappa shape index (κ2) is 6.06. The van der Waals surface area contributed by atoms with E-state index in [4.69, 9.17) is 0 Å². The average molecular weight is 363 g/mol. The molecule has 0 radical (unpaired) electrons. The van der Waals surface area contributed by atoms with Crippen molar-refractivity contribution in [3.8, 4) is 0 Å². The summed E-state index contributed by atoms with van der Waals surface area (Å²) in [5, 5.41) is -0.422. The molecule has 0 N–H and O–H groups in total. The molecule has 0 unspecified atom stereocenters. The maximum Gasteiger partial charge on any atom is 0.255 e. The number of sulfone groups is 1. The number of carbonyl (C=O) groups excluding carboxylic acids is 1. The Hall–Kier alpha value is -1.47. The van der Waals surface area contributed by atoms with Crippen molar-refractivity contribution in [2.24, 2.45) is 5.92 Å². The number of nitrogens with zero attached hydrogens (tertiary/aromatic N) is 3. The van der Waals surface area contributed by atoms with Crippen molar-refractivity contribution in [3.63, 3.8) is 0 Å². The van der Waals surface area contributed by atoms with Gasteiger partial charge in [-0.25, -0.2) is 8.42 Å². The Morgan fingerprint density at radius 2 is 2.00 bits per heavy atom. The van der Waals surface area contributed by atoms with Gasteiger partial charge in [-0.05, 0) is 51.4 Å². The summed E-state index contributed by atoms with van der Waals surface area (Å²) >= 11 is 0. The maximum absolute atomic E-state index is 12.9. The van der Waals surface area contributed by atoms with Crippen molar-refractivity contribution in [2.45, 2.75) is 37.0 Å². The zero-order valence-electron chi connectivity index (χ0n) is 14.8. The largest absolute Gasteiger partial charge is 0.337 e. The van der Waals surface area contributed by atoms with Gasteiger partial charge in [0.1, 0.15) is 0 Å². The molecule has 7 heteroatoms. The molecule has 0 saturated carbocycles. The molecule has 3 atom stereocenters. The average Bonchev–Trinajstić information content (AvgIpc) is 3.13. The fraction of sp³-hybridized carbons (Fsp3) is 0.667. The van der Waals surface area contributed by atoms with E-state index >= 15 is 0 Å². The third-order valence-corrected chi connectivity index (χ3v) is 8.26. The number of rotatable bonds is 2. The summed E-state index contributed by atoms with van der Waals surface area (Å²) < 4.78 is 25.0. The van der Waals surface area contributed by atoms with Gasteiger partial charge in [0.15, 0.2) is 9.84 Å². The highest BCUT2D eigenvalue weighted by molar-refractivity contribution is 7.92. The van der Waals surface area contributed by atoms with Gasteiger partial charge in [0.2, 0.25) is 0 Å². The normalized spacial score (nSPS) is 30.4. The lowest BCUT2D eigenvalue weighted by Crippen LogP contribution is -2.38. The van der Waals surface area contributed by atoms with Gasteiger partial charge in [-0.15, -0.1) is 0 Å². The van der Waals surface area contributed by atoms with E-state index in [1.54, 1.807) is 11.1 Å². The molecule has 0 aromatic carbocycles. The second-order valence-electron chi connectivity index (χ2n) is 7.81. The van der Waals surface area contributed by atoms with Crippen LogP contribution >= 0.6 is 0 Å². The monoisotopic (exact) mass is 363 g/mol. The van der Waals surface area contributed by atoms with Crippen molar-refractivity contribution < 1.29 is 13.2 Å². The Kier molecular flexibility index (Phi) is 4.11. The van der Waals surface area contributed by atoms with E-state index in [1.165, 1.54) is 5.56 Å². The number of hydrogen-bond donors (Lipinski definition) is 0. The number of fused-ring (bicyclic) bond motifs is 2. The number of aryl methyl sites for hydroxylation is 2. The Morgan fingerprint density at radius 3 is 2.76 bits per heavy atom. The molecule has 1 aromatic heterocycles. The molecule has 2 aliphatic heterocycles. The van der Waals surface area contributed by atoms with E-state index in [-0.39, 0.29) is 23.6 Å². The number of likely N-dealkylation sites (tertiary alicyclic amines) is 1. The molecular formula is C18H25N3O3S. The van der Waals surface area contributed by atoms with Crippen molar-refractivity contribution in [1.82, 2.24) is 14.8 Å². The first kappa shape index (κ1) is 17.0. The zero-order chi connectivity index (χ0) is 17.8. The number of carbonyl (C=O) groups is 1. The molecule has 0 spiro atoms. The van der Waals surface area contributed by atoms with Crippen LogP contribution in [0.4, 0.5) is 0 Å². The molecule has 6 nitrogen and oxygen atoms in total. The highest BCUT2D eigenvalue weighted by Gasteiger charge is 2.53. The molecule has 1 amide bonds. The molecule has 2 fully saturated rings. The van der Waals surface area contributed by atoms with Crippen LogP contribution in [0, 0.1) is 5.92 Å². The summed E-state index contributed by atoms with van der Waals surface area (Å²) in [6.45, 7) is 0.829. The predicted octanol–water partition coefficient (Wildman–Crippen LogP) is 0.760. The second-order valence-corrected chi connectivity index (χ2v) is 10.1. The van der Waals surface area contributed by atoms with Crippen molar-refractivity contribution in [1.29, 1.82) is 0 Å². The van der Waals surface area contributed by atoms with Gasteiger partial charge in [-0.1, -0.05) is 0 Å². The molecule has 0 bridgehead atoms. The van der Waals surface area contributed by atoms with Crippen LogP contribution < -0.4 is 0 Å². The Balaban J connectivity index is 1.57. The number of aromatic nitrogens is 1. The van der Waals surface area contributed by atoms with E-state index in [0.717, 1.165) is 31.4 Å². The van der Waals surface area contributed by atoms with Crippen LogP contribution in [0.15, 0.2) is 12.3 Å². The number of amides is 1. The molecule has 136 valence electrons. The molecule has 3 aliphatic rings. The van der Waals surface area contributed by atoms with E-state index in [0.29, 0.717) is 18.7 Å². The molecule has 3 heterocycles. The molecule has 4 rings (SSSR count). The van der Waals surface area contributed by atoms with Crippen LogP contribution in [-0.4, -0.2) is 73.3 Å². The molecule has 2 saturated heterocycles. The first-order valence-electron chi connectivity index (χ1n) is 9.02. The minimum absolute atomic E-state index is 0.00513. The zero-order valence-corrected chi connectivity index (χ0v) is 15.6. The first-order chi connectivity index (χ1) is 11.9. The molecular weight excluding hydrogens is 338 g/mol. The Bertz CT molecular complexity index is 806. The summed E-state index contributed by atoms with van der Waals surface area (Å²) in [6.07, 6.45) is 5.93. The standard InChI is InChI=1S/C18H25N3O3S/c1-20(2)16-11-25(23,24)17-10-21(9-14(16)17)18(22)13-7-12-5-3-4-6-15(12)19-8-13/h7-8,14,16-17H,3-6,9-11H2,1-2H3/t14-,16+,17-/m0/s1. The molecule has 25 heavy (non-hydrogen) atoms. The summed E-state index contributed by atoms with van der Waals surface area (Å²) in [6, 6.07) is 1.96. The summed E-state index contributed by atoms with van der Waals surface area (Å²) in [5.41, 5.74) is 2.88. The van der Waals surface area contributed by atoms with Crippen LogP contribution in [-0.2, 0) is 22.7 Å². The van der Waals surface area contributed by atoms with Crippen LogP contribution in [0.3, 0.4) is 0 Å². The lowest BCUT2D eigenvalue weighted by atomic mass is 9.95. The van der Waals surface area contributed by atoms with Gasteiger partial charge < -0.3 is 9.80 Å². The lowest BCUT2D eigenvalue weighted by molar-refractivity contribution is 0.0779. The third kappa shape index (κ3) is 2.87. The highest BCUT2D eigenvalue weighted by atomic mass is 32.2. The fourth-order valence-electron chi connectivity index (χ4n) is 4.62. The summed E-state index contributed by atoms with van der Waals surface area (Å²) in [7, 11) is 0.702. The van der Waals surface area contributed by atoms with Gasteiger partial charge in [-0.2, -0.15) is 0 Å². The van der Waals surface area contributed by atoms with E-state index in [1.807, 2.05) is 25.1 Å². The quantitative estimate of drug-likeness (QED) is 0.776. The molecule has 1 aliphatic carbocycles. The van der Waals surface area contributed by atoms with Crippen molar-refractivity contribution in [3.05, 3.63) is 29.1 Å². The van der Waals surface area contributed by atoms with Crippen LogP contribution in [0.1, 0.15) is 34.5 Å². The van der Waals surface area contributed by atoms with E-state index in [9.17, 15) is 13.2 Å². The van der Waals surface area contributed by atoms with Gasteiger partial charge in [0.25, 0.3) is 5.91 Å². The minimum atomic E-state index is -3.13. The van der Waals surface area contributed by atoms with Gasteiger partial charge in [0, 0.05) is 36.9 Å². The van der Waals surface area contributed by atoms with Gasteiger partial charge in [-0.3, -0.25) is 9.78 Å². The Morgan fingerprint density at radius 1 is 1.24 bits per heavy atom. The van der Waals surface area contributed by atoms with E-state index in [2.05, 4.69) is 4.98 Å². The number of hydrogen-bond acceptors (Lipinski definition) is 5. The van der Waals surface area contributed by atoms with Crippen molar-refractivity contribution in [2.75, 3.05) is 32.9 Å². The predicted molar refractivity (Wildman–Crippen MR) is 95.3 cm³/mol. The lowest BCUT2D eigenvalue weighted by Gasteiger charge is -2.25.